The molecule has 3 aromatic rings. The molecule has 4 nitrogen and oxygen atoms in total. The molecule has 1 aromatic heterocycles. The van der Waals surface area contributed by atoms with Crippen molar-refractivity contribution in [3.05, 3.63) is 60.9 Å². The maximum absolute atomic E-state index is 5.91. The number of aromatic nitrogens is 2. The fourth-order valence-corrected chi connectivity index (χ4v) is 3.74. The average Bonchev–Trinajstić information content (AvgIpc) is 2.87. The van der Waals surface area contributed by atoms with E-state index >= 15 is 0 Å². The smallest absolute Gasteiger partial charge is 0.159 e. The molecule has 0 saturated heterocycles. The molecule has 0 radical (unpaired) electrons. The molecule has 0 amide bonds. The highest BCUT2D eigenvalue weighted by Gasteiger charge is 2.05. The second-order valence-electron chi connectivity index (χ2n) is 8.52. The maximum atomic E-state index is 5.91. The van der Waals surface area contributed by atoms with E-state index in [0.29, 0.717) is 12.4 Å². The largest absolute Gasteiger partial charge is 0.494 e. The van der Waals surface area contributed by atoms with Gasteiger partial charge in [0.25, 0.3) is 0 Å². The summed E-state index contributed by atoms with van der Waals surface area (Å²) in [6, 6.07) is 16.1. The number of benzene rings is 2. The molecule has 0 atom stereocenters. The quantitative estimate of drug-likeness (QED) is 0.221. The Labute approximate surface area is 199 Å². The summed E-state index contributed by atoms with van der Waals surface area (Å²) in [6.07, 6.45) is 15.2. The van der Waals surface area contributed by atoms with E-state index in [0.717, 1.165) is 47.6 Å². The molecular formula is C29H38N2O2. The number of rotatable bonds is 15. The van der Waals surface area contributed by atoms with Gasteiger partial charge in [-0.25, -0.2) is 9.97 Å². The summed E-state index contributed by atoms with van der Waals surface area (Å²) >= 11 is 0. The predicted octanol–water partition coefficient (Wildman–Crippen LogP) is 8.12. The van der Waals surface area contributed by atoms with Gasteiger partial charge in [0.1, 0.15) is 11.5 Å². The monoisotopic (exact) mass is 446 g/mol. The van der Waals surface area contributed by atoms with Crippen LogP contribution in [-0.4, -0.2) is 23.2 Å². The van der Waals surface area contributed by atoms with Crippen LogP contribution in [0, 0.1) is 0 Å². The van der Waals surface area contributed by atoms with Crippen LogP contribution in [0.25, 0.3) is 22.5 Å². The van der Waals surface area contributed by atoms with Crippen LogP contribution in [0.3, 0.4) is 0 Å². The maximum Gasteiger partial charge on any atom is 0.159 e. The van der Waals surface area contributed by atoms with E-state index in [2.05, 4.69) is 35.9 Å². The SMILES string of the molecule is CCCCCCCCCCOc1ccc(-c2cnc(-c3cccc(OCCC)c3)nc2)cc1. The fraction of sp³-hybridized carbons (Fsp3) is 0.448. The van der Waals surface area contributed by atoms with Crippen molar-refractivity contribution in [3.63, 3.8) is 0 Å². The Kier molecular flexibility index (Phi) is 10.7. The summed E-state index contributed by atoms with van der Waals surface area (Å²) in [5.41, 5.74) is 3.03. The first-order valence-electron chi connectivity index (χ1n) is 12.6. The van der Waals surface area contributed by atoms with E-state index in [-0.39, 0.29) is 0 Å². The van der Waals surface area contributed by atoms with Crippen LogP contribution in [0.1, 0.15) is 71.6 Å². The van der Waals surface area contributed by atoms with Crippen LogP contribution in [0.2, 0.25) is 0 Å². The van der Waals surface area contributed by atoms with E-state index in [4.69, 9.17) is 9.47 Å². The van der Waals surface area contributed by atoms with Crippen LogP contribution in [0.15, 0.2) is 60.9 Å². The van der Waals surface area contributed by atoms with E-state index in [1.54, 1.807) is 0 Å². The fourth-order valence-electron chi connectivity index (χ4n) is 3.74. The van der Waals surface area contributed by atoms with E-state index in [9.17, 15) is 0 Å². The molecule has 3 rings (SSSR count). The molecule has 0 aliphatic carbocycles. The molecule has 33 heavy (non-hydrogen) atoms. The van der Waals surface area contributed by atoms with Crippen molar-refractivity contribution in [3.8, 4) is 34.0 Å². The minimum atomic E-state index is 0.700. The third-order valence-corrected chi connectivity index (χ3v) is 5.67. The topological polar surface area (TPSA) is 44.2 Å². The van der Waals surface area contributed by atoms with Gasteiger partial charge in [0, 0.05) is 23.5 Å². The minimum Gasteiger partial charge on any atom is -0.494 e. The molecule has 0 aliphatic heterocycles. The number of hydrogen-bond acceptors (Lipinski definition) is 4. The Morgan fingerprint density at radius 3 is 1.94 bits per heavy atom. The van der Waals surface area contributed by atoms with Gasteiger partial charge in [0.05, 0.1) is 13.2 Å². The van der Waals surface area contributed by atoms with Gasteiger partial charge < -0.3 is 9.47 Å². The Hall–Kier alpha value is -2.88. The van der Waals surface area contributed by atoms with Gasteiger partial charge in [-0.1, -0.05) is 83.1 Å². The Bertz CT molecular complexity index is 923. The normalized spacial score (nSPS) is 10.8. The lowest BCUT2D eigenvalue weighted by atomic mass is 10.1. The van der Waals surface area contributed by atoms with Crippen molar-refractivity contribution < 1.29 is 9.47 Å². The summed E-state index contributed by atoms with van der Waals surface area (Å²) in [5, 5.41) is 0. The number of ether oxygens (including phenoxy) is 2. The van der Waals surface area contributed by atoms with Crippen molar-refractivity contribution in [1.29, 1.82) is 0 Å². The zero-order chi connectivity index (χ0) is 23.1. The first-order chi connectivity index (χ1) is 16.3. The van der Waals surface area contributed by atoms with Gasteiger partial charge in [-0.2, -0.15) is 0 Å². The lowest BCUT2D eigenvalue weighted by Gasteiger charge is -2.08. The molecule has 0 aliphatic rings. The van der Waals surface area contributed by atoms with Crippen molar-refractivity contribution >= 4 is 0 Å². The van der Waals surface area contributed by atoms with Crippen molar-refractivity contribution in [1.82, 2.24) is 9.97 Å². The third-order valence-electron chi connectivity index (χ3n) is 5.67. The van der Waals surface area contributed by atoms with E-state index in [1.807, 2.05) is 48.8 Å². The molecule has 0 N–H and O–H groups in total. The number of nitrogens with zero attached hydrogens (tertiary/aromatic N) is 2. The van der Waals surface area contributed by atoms with Gasteiger partial charge in [0.2, 0.25) is 0 Å². The number of hydrogen-bond donors (Lipinski definition) is 0. The molecule has 2 aromatic carbocycles. The summed E-state index contributed by atoms with van der Waals surface area (Å²) in [4.78, 5) is 9.15. The molecule has 1 heterocycles. The minimum absolute atomic E-state index is 0.700. The van der Waals surface area contributed by atoms with Gasteiger partial charge in [0.15, 0.2) is 5.82 Å². The molecule has 0 unspecified atom stereocenters. The van der Waals surface area contributed by atoms with E-state index in [1.165, 1.54) is 44.9 Å². The molecule has 176 valence electrons. The second-order valence-corrected chi connectivity index (χ2v) is 8.52. The summed E-state index contributed by atoms with van der Waals surface area (Å²) < 4.78 is 11.6. The van der Waals surface area contributed by atoms with Gasteiger partial charge >= 0.3 is 0 Å². The first-order valence-corrected chi connectivity index (χ1v) is 12.6. The van der Waals surface area contributed by atoms with Gasteiger partial charge in [-0.05, 0) is 42.7 Å². The molecule has 0 saturated carbocycles. The molecule has 0 bridgehead atoms. The highest BCUT2D eigenvalue weighted by Crippen LogP contribution is 2.25. The molecule has 4 heteroatoms. The predicted molar refractivity (Wildman–Crippen MR) is 137 cm³/mol. The Morgan fingerprint density at radius 1 is 0.576 bits per heavy atom. The Morgan fingerprint density at radius 2 is 1.24 bits per heavy atom. The lowest BCUT2D eigenvalue weighted by molar-refractivity contribution is 0.304. The third kappa shape index (κ3) is 8.53. The summed E-state index contributed by atoms with van der Waals surface area (Å²) in [7, 11) is 0. The first kappa shape index (κ1) is 24.8. The molecular weight excluding hydrogens is 408 g/mol. The van der Waals surface area contributed by atoms with Crippen molar-refractivity contribution in [2.75, 3.05) is 13.2 Å². The van der Waals surface area contributed by atoms with Crippen LogP contribution >= 0.6 is 0 Å². The average molecular weight is 447 g/mol. The Balaban J connectivity index is 1.45. The lowest BCUT2D eigenvalue weighted by Crippen LogP contribution is -1.97. The highest BCUT2D eigenvalue weighted by atomic mass is 16.5. The van der Waals surface area contributed by atoms with Crippen LogP contribution in [0.5, 0.6) is 11.5 Å². The van der Waals surface area contributed by atoms with Gasteiger partial charge in [-0.3, -0.25) is 0 Å². The van der Waals surface area contributed by atoms with E-state index < -0.39 is 0 Å². The zero-order valence-electron chi connectivity index (χ0n) is 20.3. The standard InChI is InChI=1S/C29H38N2O2/c1-3-5-6-7-8-9-10-11-20-33-27-17-15-24(16-18-27)26-22-30-29(31-23-26)25-13-12-14-28(21-25)32-19-4-2/h12-18,21-23H,3-11,19-20H2,1-2H3. The van der Waals surface area contributed by atoms with Crippen molar-refractivity contribution in [2.24, 2.45) is 0 Å². The molecule has 0 fully saturated rings. The van der Waals surface area contributed by atoms with Crippen LogP contribution < -0.4 is 9.47 Å². The molecule has 0 spiro atoms. The highest BCUT2D eigenvalue weighted by molar-refractivity contribution is 5.64. The second kappa shape index (κ2) is 14.3. The number of unbranched alkanes of at least 4 members (excludes halogenated alkanes) is 7. The summed E-state index contributed by atoms with van der Waals surface area (Å²) in [6.45, 7) is 5.86. The summed E-state index contributed by atoms with van der Waals surface area (Å²) in [5.74, 6) is 2.47. The van der Waals surface area contributed by atoms with Crippen LogP contribution in [-0.2, 0) is 0 Å². The van der Waals surface area contributed by atoms with Crippen LogP contribution in [0.4, 0.5) is 0 Å². The van der Waals surface area contributed by atoms with Crippen molar-refractivity contribution in [2.45, 2.75) is 71.6 Å². The van der Waals surface area contributed by atoms with Gasteiger partial charge in [-0.15, -0.1) is 0 Å². The zero-order valence-corrected chi connectivity index (χ0v) is 20.3.